The molecule has 0 fully saturated rings. The van der Waals surface area contributed by atoms with Crippen molar-refractivity contribution in [1.29, 1.82) is 0 Å². The molecule has 0 amide bonds. The molecule has 0 aliphatic carbocycles. The number of hydrogen-bond donors (Lipinski definition) is 0. The summed E-state index contributed by atoms with van der Waals surface area (Å²) in [6.07, 6.45) is 0. The van der Waals surface area contributed by atoms with E-state index >= 15 is 0 Å². The molecular weight excluding hydrogens is 825 g/mol. The average molecular weight is 881 g/mol. The number of para-hydroxylation sites is 2. The van der Waals surface area contributed by atoms with Crippen LogP contribution in [0.5, 0.6) is 0 Å². The van der Waals surface area contributed by atoms with Crippen molar-refractivity contribution in [1.82, 2.24) is 9.13 Å². The number of ketones is 1. The quantitative estimate of drug-likeness (QED) is 0.140. The Balaban J connectivity index is 0.00000131. The largest absolute Gasteiger partial charge is 0.309 e. The molecule has 3 nitrogen and oxygen atoms in total. The summed E-state index contributed by atoms with van der Waals surface area (Å²) in [7, 11) is 0. The Bertz CT molecular complexity index is 3570. The first-order chi connectivity index (χ1) is 33.5. The van der Waals surface area contributed by atoms with Crippen molar-refractivity contribution in [3.05, 3.63) is 252 Å². The van der Waals surface area contributed by atoms with Gasteiger partial charge in [0, 0.05) is 55.9 Å². The van der Waals surface area contributed by atoms with Crippen LogP contribution in [0.3, 0.4) is 0 Å². The average Bonchev–Trinajstić information content (AvgIpc) is 3.93. The first kappa shape index (κ1) is 43.9. The highest BCUT2D eigenvalue weighted by molar-refractivity contribution is 6.12. The summed E-state index contributed by atoms with van der Waals surface area (Å²) in [5.41, 5.74) is 13.1. The van der Waals surface area contributed by atoms with Crippen LogP contribution in [0.1, 0.15) is 91.6 Å². The maximum absolute atomic E-state index is 14.1. The second-order valence-electron chi connectivity index (χ2n) is 17.3. The van der Waals surface area contributed by atoms with Gasteiger partial charge in [0.25, 0.3) is 0 Å². The van der Waals surface area contributed by atoms with Gasteiger partial charge in [-0.15, -0.1) is 0 Å². The van der Waals surface area contributed by atoms with Gasteiger partial charge >= 0.3 is 0 Å². The number of carbonyl (C=O) groups is 1. The van der Waals surface area contributed by atoms with Gasteiger partial charge in [-0.3, -0.25) is 4.79 Å². The van der Waals surface area contributed by atoms with Crippen LogP contribution in [0.4, 0.5) is 0 Å². The van der Waals surface area contributed by atoms with Crippen LogP contribution < -0.4 is 0 Å². The molecule has 332 valence electrons. The van der Waals surface area contributed by atoms with E-state index in [0.717, 1.165) is 33.4 Å². The van der Waals surface area contributed by atoms with E-state index in [2.05, 4.69) is 217 Å². The third-order valence-electron chi connectivity index (χ3n) is 13.7. The van der Waals surface area contributed by atoms with Crippen molar-refractivity contribution >= 4 is 70.9 Å². The highest BCUT2D eigenvalue weighted by Crippen LogP contribution is 2.40. The van der Waals surface area contributed by atoms with Gasteiger partial charge in [-0.1, -0.05) is 175 Å². The minimum absolute atomic E-state index is 0.00155. The van der Waals surface area contributed by atoms with E-state index in [1.807, 2.05) is 52.0 Å². The van der Waals surface area contributed by atoms with Gasteiger partial charge in [-0.25, -0.2) is 0 Å². The summed E-state index contributed by atoms with van der Waals surface area (Å²) in [5, 5.41) is 9.97. The lowest BCUT2D eigenvalue weighted by Crippen LogP contribution is -2.03. The maximum atomic E-state index is 14.1. The van der Waals surface area contributed by atoms with Crippen molar-refractivity contribution in [2.24, 2.45) is 0 Å². The number of hydrogen-bond acceptors (Lipinski definition) is 1. The fourth-order valence-corrected chi connectivity index (χ4v) is 10.4. The van der Waals surface area contributed by atoms with E-state index in [4.69, 9.17) is 0 Å². The van der Waals surface area contributed by atoms with Crippen molar-refractivity contribution in [2.45, 2.75) is 53.4 Å². The fraction of sp³-hybridized carbons (Fsp3) is 0.123. The SMILES string of the molecule is CC.CC.CC(c1ccc2c(c1)c1cc(C(C)c3cccc4ccccc34)ccc1n2-c1ccc(C(=O)c2ccc(-n3c4ccccc4c4ccccc43)cc2)cc1)c1cccc2ccccc12. The van der Waals surface area contributed by atoms with Crippen LogP contribution in [-0.2, 0) is 0 Å². The molecule has 0 saturated heterocycles. The van der Waals surface area contributed by atoms with E-state index in [-0.39, 0.29) is 17.6 Å². The molecule has 10 aromatic carbocycles. The molecule has 0 aliphatic rings. The summed E-state index contributed by atoms with van der Waals surface area (Å²) in [5.74, 6) is 0.378. The Morgan fingerprint density at radius 1 is 0.338 bits per heavy atom. The topological polar surface area (TPSA) is 26.9 Å². The molecule has 68 heavy (non-hydrogen) atoms. The molecule has 0 aliphatic heterocycles. The Morgan fingerprint density at radius 2 is 0.676 bits per heavy atom. The number of aromatic nitrogens is 2. The molecule has 0 N–H and O–H groups in total. The standard InChI is InChI=1S/C61H44N2O.2C2H6/c1-39(49-21-11-15-41-13-3-5-17-51(41)49)45-29-35-59-55(37-45)56-38-46(40(2)50-22-12-16-42-14-4-6-18-52(42)50)30-36-60(56)63(59)48-33-27-44(28-34-48)61(64)43-25-31-47(32-26-43)62-57-23-9-7-19-53(57)54-20-8-10-24-58(54)62;2*1-2/h3-40H,1-2H3;2*1-2H3. The van der Waals surface area contributed by atoms with E-state index < -0.39 is 0 Å². The minimum atomic E-state index is 0.00155. The van der Waals surface area contributed by atoms with Crippen LogP contribution in [0.2, 0.25) is 0 Å². The number of fused-ring (bicyclic) bond motifs is 8. The molecular formula is C65H56N2O. The first-order valence-corrected chi connectivity index (χ1v) is 24.3. The Labute approximate surface area is 399 Å². The van der Waals surface area contributed by atoms with E-state index in [1.54, 1.807) is 0 Å². The third kappa shape index (κ3) is 7.55. The molecule has 2 heterocycles. The molecule has 12 aromatic rings. The molecule has 2 aromatic heterocycles. The number of carbonyl (C=O) groups excluding carboxylic acids is 1. The Kier molecular flexibility index (Phi) is 12.1. The number of rotatable bonds is 8. The van der Waals surface area contributed by atoms with Gasteiger partial charge in [-0.2, -0.15) is 0 Å². The molecule has 2 atom stereocenters. The van der Waals surface area contributed by atoms with Crippen molar-refractivity contribution in [3.8, 4) is 11.4 Å². The lowest BCUT2D eigenvalue weighted by Gasteiger charge is -2.16. The summed E-state index contributed by atoms with van der Waals surface area (Å²) in [6, 6.07) is 77.8. The van der Waals surface area contributed by atoms with Gasteiger partial charge < -0.3 is 9.13 Å². The summed E-state index contributed by atoms with van der Waals surface area (Å²) < 4.78 is 4.64. The minimum Gasteiger partial charge on any atom is -0.309 e. The number of nitrogens with zero attached hydrogens (tertiary/aromatic N) is 2. The van der Waals surface area contributed by atoms with Crippen LogP contribution in [-0.4, -0.2) is 14.9 Å². The highest BCUT2D eigenvalue weighted by atomic mass is 16.1. The second-order valence-corrected chi connectivity index (χ2v) is 17.3. The van der Waals surface area contributed by atoms with Gasteiger partial charge in [0.2, 0.25) is 0 Å². The van der Waals surface area contributed by atoms with E-state index in [1.165, 1.54) is 65.3 Å². The second kappa shape index (κ2) is 18.7. The van der Waals surface area contributed by atoms with Crippen molar-refractivity contribution in [3.63, 3.8) is 0 Å². The van der Waals surface area contributed by atoms with E-state index in [9.17, 15) is 4.79 Å². The Morgan fingerprint density at radius 3 is 1.09 bits per heavy atom. The van der Waals surface area contributed by atoms with Gasteiger partial charge in [0.1, 0.15) is 0 Å². The van der Waals surface area contributed by atoms with Crippen LogP contribution in [0.25, 0.3) is 76.5 Å². The summed E-state index contributed by atoms with van der Waals surface area (Å²) >= 11 is 0. The summed E-state index contributed by atoms with van der Waals surface area (Å²) in [6.45, 7) is 12.6. The molecule has 0 spiro atoms. The smallest absolute Gasteiger partial charge is 0.193 e. The molecule has 2 unspecified atom stereocenters. The number of benzene rings is 10. The van der Waals surface area contributed by atoms with Gasteiger partial charge in [0.15, 0.2) is 5.78 Å². The Hall–Kier alpha value is -8.01. The lowest BCUT2D eigenvalue weighted by molar-refractivity contribution is 0.103. The van der Waals surface area contributed by atoms with Crippen molar-refractivity contribution in [2.75, 3.05) is 0 Å². The molecule has 0 bridgehead atoms. The maximum Gasteiger partial charge on any atom is 0.193 e. The molecule has 0 radical (unpaired) electrons. The molecule has 3 heteroatoms. The fourth-order valence-electron chi connectivity index (χ4n) is 10.4. The molecule has 12 rings (SSSR count). The normalized spacial score (nSPS) is 12.2. The third-order valence-corrected chi connectivity index (χ3v) is 13.7. The van der Waals surface area contributed by atoms with Crippen LogP contribution in [0, 0.1) is 0 Å². The van der Waals surface area contributed by atoms with Gasteiger partial charge in [-0.05, 0) is 129 Å². The molecule has 0 saturated carbocycles. The zero-order valence-corrected chi connectivity index (χ0v) is 39.7. The predicted octanol–water partition coefficient (Wildman–Crippen LogP) is 17.8. The predicted molar refractivity (Wildman–Crippen MR) is 291 cm³/mol. The monoisotopic (exact) mass is 880 g/mol. The van der Waals surface area contributed by atoms with Crippen LogP contribution in [0.15, 0.2) is 218 Å². The van der Waals surface area contributed by atoms with Crippen LogP contribution >= 0.6 is 0 Å². The zero-order valence-electron chi connectivity index (χ0n) is 39.7. The lowest BCUT2D eigenvalue weighted by atomic mass is 9.87. The zero-order chi connectivity index (χ0) is 46.9. The highest BCUT2D eigenvalue weighted by Gasteiger charge is 2.20. The van der Waals surface area contributed by atoms with E-state index in [0.29, 0.717) is 11.1 Å². The van der Waals surface area contributed by atoms with Gasteiger partial charge in [0.05, 0.1) is 22.1 Å². The summed E-state index contributed by atoms with van der Waals surface area (Å²) in [4.78, 5) is 14.1. The van der Waals surface area contributed by atoms with Crippen molar-refractivity contribution < 1.29 is 4.79 Å². The first-order valence-electron chi connectivity index (χ1n) is 24.3.